The maximum atomic E-state index is 12.2. The number of hydrogen-bond acceptors (Lipinski definition) is 3. The fraction of sp³-hybridized carbons (Fsp3) is 0.182. The molecule has 2 atom stereocenters. The molecule has 4 aromatic rings. The highest BCUT2D eigenvalue weighted by molar-refractivity contribution is 7.92. The van der Waals surface area contributed by atoms with Gasteiger partial charge in [0.1, 0.15) is 6.26 Å². The van der Waals surface area contributed by atoms with E-state index in [0.717, 1.165) is 16.7 Å². The Kier molecular flexibility index (Phi) is 5.07. The van der Waals surface area contributed by atoms with E-state index in [4.69, 9.17) is 0 Å². The Morgan fingerprint density at radius 3 is 1.96 bits per heavy atom. The smallest absolute Gasteiger partial charge is 0.121 e. The molecule has 2 unspecified atom stereocenters. The van der Waals surface area contributed by atoms with Gasteiger partial charge >= 0.3 is 0 Å². The molecule has 0 aliphatic heterocycles. The van der Waals surface area contributed by atoms with Gasteiger partial charge in [-0.3, -0.25) is 0 Å². The van der Waals surface area contributed by atoms with Crippen molar-refractivity contribution >= 4 is 38.9 Å². The topological polar surface area (TPSA) is 51.5 Å². The summed E-state index contributed by atoms with van der Waals surface area (Å²) in [6, 6.07) is 26.0. The first-order valence-electron chi connectivity index (χ1n) is 8.95. The Balaban J connectivity index is 1.65. The standard InChI is InChI=1S/C22H22N2O2S/c1-27(26)24(17-9-3-2-4-10-17)16-18(25)15-23-21-13-7-5-11-19(21)20-12-6-8-14-22(20)23/h2-14,18,25H,15-16H2,1H3. The van der Waals surface area contributed by atoms with E-state index < -0.39 is 17.5 Å². The molecule has 0 fully saturated rings. The van der Waals surface area contributed by atoms with Gasteiger partial charge in [-0.15, -0.1) is 0 Å². The third-order valence-electron chi connectivity index (χ3n) is 4.80. The van der Waals surface area contributed by atoms with E-state index >= 15 is 0 Å². The lowest BCUT2D eigenvalue weighted by Crippen LogP contribution is -2.38. The van der Waals surface area contributed by atoms with Gasteiger partial charge in [0.15, 0.2) is 0 Å². The molecule has 1 N–H and O–H groups in total. The Morgan fingerprint density at radius 1 is 0.889 bits per heavy atom. The van der Waals surface area contributed by atoms with Crippen molar-refractivity contribution in [1.29, 1.82) is 0 Å². The molecule has 4 rings (SSSR count). The Morgan fingerprint density at radius 2 is 1.41 bits per heavy atom. The molecule has 0 aliphatic carbocycles. The highest BCUT2D eigenvalue weighted by Gasteiger charge is 2.21. The zero-order valence-corrected chi connectivity index (χ0v) is 16.0. The van der Waals surface area contributed by atoms with Crippen molar-refractivity contribution in [2.24, 2.45) is 0 Å². The zero-order chi connectivity index (χ0) is 18.8. The van der Waals surface area contributed by atoms with Crippen molar-refractivity contribution in [2.45, 2.75) is 12.6 Å². The molecule has 0 saturated carbocycles. The van der Waals surface area contributed by atoms with Gasteiger partial charge in [0.25, 0.3) is 0 Å². The van der Waals surface area contributed by atoms with Gasteiger partial charge in [-0.1, -0.05) is 54.6 Å². The number of rotatable bonds is 6. The SMILES string of the molecule is C[S+]([O-])N(CC(O)Cn1c2ccccc2c2ccccc21)c1ccccc1. The lowest BCUT2D eigenvalue weighted by molar-refractivity contribution is 0.166. The predicted molar refractivity (Wildman–Crippen MR) is 113 cm³/mol. The zero-order valence-electron chi connectivity index (χ0n) is 15.2. The molecule has 1 aromatic heterocycles. The number of nitrogens with zero attached hydrogens (tertiary/aromatic N) is 2. The van der Waals surface area contributed by atoms with E-state index in [-0.39, 0.29) is 0 Å². The third-order valence-corrected chi connectivity index (χ3v) is 5.78. The van der Waals surface area contributed by atoms with Crippen molar-refractivity contribution < 1.29 is 9.66 Å². The Hall–Kier alpha value is -2.47. The maximum absolute atomic E-state index is 12.2. The van der Waals surface area contributed by atoms with Crippen molar-refractivity contribution in [2.75, 3.05) is 17.1 Å². The number of aliphatic hydroxyl groups is 1. The quantitative estimate of drug-likeness (QED) is 0.517. The molecule has 3 aromatic carbocycles. The first kappa shape index (κ1) is 17.9. The van der Waals surface area contributed by atoms with Crippen LogP contribution in [0.25, 0.3) is 21.8 Å². The number of hydrogen-bond donors (Lipinski definition) is 1. The fourth-order valence-corrected chi connectivity index (χ4v) is 4.41. The van der Waals surface area contributed by atoms with Crippen LogP contribution < -0.4 is 4.31 Å². The maximum Gasteiger partial charge on any atom is 0.121 e. The van der Waals surface area contributed by atoms with Gasteiger partial charge in [-0.2, -0.15) is 4.31 Å². The molecule has 0 bridgehead atoms. The highest BCUT2D eigenvalue weighted by Crippen LogP contribution is 2.29. The second-order valence-corrected chi connectivity index (χ2v) is 7.91. The Labute approximate surface area is 162 Å². The second kappa shape index (κ2) is 7.64. The van der Waals surface area contributed by atoms with Crippen molar-refractivity contribution in [3.63, 3.8) is 0 Å². The summed E-state index contributed by atoms with van der Waals surface area (Å²) in [5.74, 6) is 0. The molecule has 5 heteroatoms. The van der Waals surface area contributed by atoms with Gasteiger partial charge in [-0.25, -0.2) is 0 Å². The first-order chi connectivity index (χ1) is 13.1. The molecular weight excluding hydrogens is 356 g/mol. The van der Waals surface area contributed by atoms with Gasteiger partial charge in [0, 0.05) is 21.8 Å². The van der Waals surface area contributed by atoms with Crippen LogP contribution in [0.1, 0.15) is 0 Å². The minimum atomic E-state index is -1.21. The lowest BCUT2D eigenvalue weighted by atomic mass is 10.2. The molecule has 0 radical (unpaired) electrons. The van der Waals surface area contributed by atoms with Gasteiger partial charge < -0.3 is 14.2 Å². The van der Waals surface area contributed by atoms with Gasteiger partial charge in [-0.05, 0) is 24.3 Å². The van der Waals surface area contributed by atoms with Crippen molar-refractivity contribution in [3.8, 4) is 0 Å². The average molecular weight is 378 g/mol. The van der Waals surface area contributed by atoms with Crippen LogP contribution in [0.15, 0.2) is 78.9 Å². The number of para-hydroxylation sites is 3. The molecule has 0 saturated heterocycles. The number of fused-ring (bicyclic) bond motifs is 3. The van der Waals surface area contributed by atoms with Crippen molar-refractivity contribution in [3.05, 3.63) is 78.9 Å². The van der Waals surface area contributed by atoms with E-state index in [1.807, 2.05) is 54.6 Å². The second-order valence-electron chi connectivity index (χ2n) is 6.62. The molecular formula is C22H22N2O2S. The van der Waals surface area contributed by atoms with Crippen LogP contribution >= 0.6 is 0 Å². The minimum absolute atomic E-state index is 0.300. The lowest BCUT2D eigenvalue weighted by Gasteiger charge is -2.26. The molecule has 1 heterocycles. The van der Waals surface area contributed by atoms with E-state index in [9.17, 15) is 9.66 Å². The molecule has 4 nitrogen and oxygen atoms in total. The summed E-state index contributed by atoms with van der Waals surface area (Å²) in [4.78, 5) is 0. The van der Waals surface area contributed by atoms with E-state index in [1.54, 1.807) is 10.6 Å². The number of aliphatic hydroxyl groups excluding tert-OH is 1. The normalized spacial score (nSPS) is 13.7. The van der Waals surface area contributed by atoms with Crippen molar-refractivity contribution in [1.82, 2.24) is 4.57 Å². The van der Waals surface area contributed by atoms with Crippen LogP contribution in [0.4, 0.5) is 5.69 Å². The van der Waals surface area contributed by atoms with E-state index in [0.29, 0.717) is 13.1 Å². The third kappa shape index (κ3) is 3.54. The molecule has 0 spiro atoms. The molecule has 27 heavy (non-hydrogen) atoms. The Bertz CT molecular complexity index is 993. The van der Waals surface area contributed by atoms with Gasteiger partial charge in [0.05, 0.1) is 36.2 Å². The summed E-state index contributed by atoms with van der Waals surface area (Å²) in [5.41, 5.74) is 3.04. The monoisotopic (exact) mass is 378 g/mol. The average Bonchev–Trinajstić information content (AvgIpc) is 3.01. The number of benzene rings is 3. The van der Waals surface area contributed by atoms with Crippen LogP contribution in [0.2, 0.25) is 0 Å². The van der Waals surface area contributed by atoms with E-state index in [2.05, 4.69) is 28.8 Å². The summed E-state index contributed by atoms with van der Waals surface area (Å²) in [5, 5.41) is 13.2. The molecule has 0 amide bonds. The number of aromatic nitrogens is 1. The molecule has 0 aliphatic rings. The van der Waals surface area contributed by atoms with Crippen LogP contribution in [0, 0.1) is 0 Å². The summed E-state index contributed by atoms with van der Waals surface area (Å²) in [6.45, 7) is 0.739. The largest absolute Gasteiger partial charge is 0.593 e. The summed E-state index contributed by atoms with van der Waals surface area (Å²) >= 11 is -1.21. The highest BCUT2D eigenvalue weighted by atomic mass is 32.2. The van der Waals surface area contributed by atoms with Crippen LogP contribution in [-0.2, 0) is 17.9 Å². The number of anilines is 1. The summed E-state index contributed by atoms with van der Waals surface area (Å²) in [6.07, 6.45) is 0.980. The summed E-state index contributed by atoms with van der Waals surface area (Å²) < 4.78 is 16.1. The van der Waals surface area contributed by atoms with Crippen LogP contribution in [0.3, 0.4) is 0 Å². The van der Waals surface area contributed by atoms with Crippen LogP contribution in [0.5, 0.6) is 0 Å². The first-order valence-corrected chi connectivity index (χ1v) is 10.5. The van der Waals surface area contributed by atoms with E-state index in [1.165, 1.54) is 10.8 Å². The minimum Gasteiger partial charge on any atom is -0.593 e. The summed E-state index contributed by atoms with van der Waals surface area (Å²) in [7, 11) is 0. The van der Waals surface area contributed by atoms with Gasteiger partial charge in [0.2, 0.25) is 0 Å². The molecule has 138 valence electrons. The van der Waals surface area contributed by atoms with Crippen LogP contribution in [-0.4, -0.2) is 33.1 Å². The predicted octanol–water partition coefficient (Wildman–Crippen LogP) is 3.96. The fourth-order valence-electron chi connectivity index (χ4n) is 3.61.